The zero-order valence-corrected chi connectivity index (χ0v) is 16.9. The lowest BCUT2D eigenvalue weighted by molar-refractivity contribution is -0.164. The molecular formula is C19H23BF3N4O2. The van der Waals surface area contributed by atoms with Crippen molar-refractivity contribution in [1.82, 2.24) is 9.78 Å². The minimum absolute atomic E-state index is 0.0744. The first-order chi connectivity index (χ1) is 13.2. The number of nitriles is 1. The maximum Gasteiger partial charge on any atom is 0.410 e. The predicted molar refractivity (Wildman–Crippen MR) is 104 cm³/mol. The summed E-state index contributed by atoms with van der Waals surface area (Å²) >= 11 is 0. The summed E-state index contributed by atoms with van der Waals surface area (Å²) in [6.45, 7) is 7.68. The van der Waals surface area contributed by atoms with Crippen LogP contribution in [-0.2, 0) is 4.65 Å². The molecule has 2 aromatic rings. The molecule has 1 heterocycles. The van der Waals surface area contributed by atoms with Crippen LogP contribution in [0.3, 0.4) is 0 Å². The summed E-state index contributed by atoms with van der Waals surface area (Å²) in [5, 5.41) is 23.4. The maximum atomic E-state index is 13.0. The monoisotopic (exact) mass is 407 g/mol. The molecule has 29 heavy (non-hydrogen) atoms. The highest BCUT2D eigenvalue weighted by Gasteiger charge is 2.40. The average molecular weight is 407 g/mol. The maximum absolute atomic E-state index is 13.0. The van der Waals surface area contributed by atoms with Crippen molar-refractivity contribution in [3.05, 3.63) is 29.8 Å². The molecule has 0 bridgehead atoms. The van der Waals surface area contributed by atoms with E-state index in [2.05, 4.69) is 5.10 Å². The Hall–Kier alpha value is -2.51. The molecule has 0 aliphatic carbocycles. The number of nitrogens with two attached hydrogens (primary N) is 1. The van der Waals surface area contributed by atoms with Gasteiger partial charge in [0.25, 0.3) is 0 Å². The highest BCUT2D eigenvalue weighted by molar-refractivity contribution is 6.47. The molecule has 1 aromatic carbocycles. The van der Waals surface area contributed by atoms with Gasteiger partial charge in [-0.3, -0.25) is 0 Å². The SMILES string of the molecule is CC(n1nc(-c2ccc([B]OC(C)(C)C(C)(C)O)cc2)c(C#N)c1N)C(F)(F)F. The van der Waals surface area contributed by atoms with Gasteiger partial charge in [-0.25, -0.2) is 4.68 Å². The molecule has 0 saturated carbocycles. The van der Waals surface area contributed by atoms with Crippen molar-refractivity contribution in [2.24, 2.45) is 0 Å². The first-order valence-corrected chi connectivity index (χ1v) is 8.87. The van der Waals surface area contributed by atoms with Gasteiger partial charge in [-0.05, 0) is 34.6 Å². The zero-order chi connectivity index (χ0) is 22.2. The van der Waals surface area contributed by atoms with Crippen LogP contribution >= 0.6 is 0 Å². The molecule has 1 radical (unpaired) electrons. The van der Waals surface area contributed by atoms with Crippen molar-refractivity contribution < 1.29 is 22.9 Å². The summed E-state index contributed by atoms with van der Waals surface area (Å²) in [7, 11) is 1.48. The number of benzene rings is 1. The number of aromatic nitrogens is 2. The lowest BCUT2D eigenvalue weighted by Crippen LogP contribution is -2.49. The molecule has 0 spiro atoms. The van der Waals surface area contributed by atoms with Crippen LogP contribution in [0.25, 0.3) is 11.3 Å². The first kappa shape index (κ1) is 22.8. The van der Waals surface area contributed by atoms with Crippen molar-refractivity contribution in [1.29, 1.82) is 5.26 Å². The molecule has 6 nitrogen and oxygen atoms in total. The van der Waals surface area contributed by atoms with Gasteiger partial charge in [0, 0.05) is 5.56 Å². The third kappa shape index (κ3) is 4.74. The van der Waals surface area contributed by atoms with Crippen molar-refractivity contribution in [2.45, 2.75) is 58.0 Å². The van der Waals surface area contributed by atoms with E-state index in [1.54, 1.807) is 52.0 Å². The summed E-state index contributed by atoms with van der Waals surface area (Å²) < 4.78 is 45.4. The van der Waals surface area contributed by atoms with E-state index in [0.717, 1.165) is 6.92 Å². The number of alkyl halides is 3. The number of nitrogens with zero attached hydrogens (tertiary/aromatic N) is 3. The molecular weight excluding hydrogens is 384 g/mol. The number of nitrogen functional groups attached to an aromatic ring is 1. The largest absolute Gasteiger partial charge is 0.427 e. The van der Waals surface area contributed by atoms with Crippen molar-refractivity contribution in [3.63, 3.8) is 0 Å². The Morgan fingerprint density at radius 1 is 1.21 bits per heavy atom. The van der Waals surface area contributed by atoms with Crippen LogP contribution in [-0.4, -0.2) is 39.7 Å². The van der Waals surface area contributed by atoms with E-state index in [9.17, 15) is 23.5 Å². The number of halogens is 3. The van der Waals surface area contributed by atoms with Crippen LogP contribution in [0.1, 0.15) is 46.2 Å². The molecule has 3 N–H and O–H groups in total. The third-order valence-corrected chi connectivity index (χ3v) is 5.05. The Labute approximate surface area is 168 Å². The second-order valence-electron chi connectivity index (χ2n) is 7.81. The molecule has 0 aliphatic rings. The van der Waals surface area contributed by atoms with E-state index in [1.165, 1.54) is 7.48 Å². The van der Waals surface area contributed by atoms with E-state index in [4.69, 9.17) is 10.4 Å². The van der Waals surface area contributed by atoms with Crippen LogP contribution in [0.15, 0.2) is 24.3 Å². The molecule has 10 heteroatoms. The fraction of sp³-hybridized carbons (Fsp3) is 0.474. The molecule has 155 valence electrons. The van der Waals surface area contributed by atoms with Crippen LogP contribution in [0.2, 0.25) is 0 Å². The van der Waals surface area contributed by atoms with Gasteiger partial charge in [0.05, 0.1) is 11.2 Å². The normalized spacial score (nSPS) is 13.8. The van der Waals surface area contributed by atoms with Gasteiger partial charge in [0.15, 0.2) is 0 Å². The summed E-state index contributed by atoms with van der Waals surface area (Å²) in [4.78, 5) is 0. The fourth-order valence-corrected chi connectivity index (χ4v) is 2.27. The Balaban J connectivity index is 2.30. The molecule has 0 saturated heterocycles. The van der Waals surface area contributed by atoms with Gasteiger partial charge in [0.1, 0.15) is 29.2 Å². The lowest BCUT2D eigenvalue weighted by Gasteiger charge is -2.37. The summed E-state index contributed by atoms with van der Waals surface area (Å²) in [5.74, 6) is -0.335. The Kier molecular flexibility index (Phi) is 6.07. The second-order valence-corrected chi connectivity index (χ2v) is 7.81. The van der Waals surface area contributed by atoms with Gasteiger partial charge >= 0.3 is 13.7 Å². The molecule has 1 atom stereocenters. The topological polar surface area (TPSA) is 97.1 Å². The molecule has 0 amide bonds. The van der Waals surface area contributed by atoms with E-state index in [0.29, 0.717) is 15.7 Å². The summed E-state index contributed by atoms with van der Waals surface area (Å²) in [6.07, 6.45) is -4.55. The first-order valence-electron chi connectivity index (χ1n) is 8.87. The van der Waals surface area contributed by atoms with Crippen LogP contribution in [0, 0.1) is 11.3 Å². The van der Waals surface area contributed by atoms with Gasteiger partial charge in [0.2, 0.25) is 0 Å². The Morgan fingerprint density at radius 2 is 1.76 bits per heavy atom. The molecule has 0 fully saturated rings. The van der Waals surface area contributed by atoms with Gasteiger partial charge in [-0.1, -0.05) is 29.7 Å². The summed E-state index contributed by atoms with van der Waals surface area (Å²) in [5.41, 5.74) is 4.89. The molecule has 0 aliphatic heterocycles. The summed E-state index contributed by atoms with van der Waals surface area (Å²) in [6, 6.07) is 6.41. The Morgan fingerprint density at radius 3 is 2.21 bits per heavy atom. The number of rotatable bonds is 6. The minimum atomic E-state index is -4.55. The molecule has 1 unspecified atom stereocenters. The number of hydrogen-bond donors (Lipinski definition) is 2. The predicted octanol–water partition coefficient (Wildman–Crippen LogP) is 2.94. The van der Waals surface area contributed by atoms with Crippen LogP contribution in [0.4, 0.5) is 19.0 Å². The van der Waals surface area contributed by atoms with E-state index in [1.807, 2.05) is 6.07 Å². The van der Waals surface area contributed by atoms with Gasteiger partial charge in [-0.15, -0.1) is 0 Å². The van der Waals surface area contributed by atoms with E-state index in [-0.39, 0.29) is 17.1 Å². The fourth-order valence-electron chi connectivity index (χ4n) is 2.27. The van der Waals surface area contributed by atoms with Gasteiger partial charge in [-0.2, -0.15) is 23.5 Å². The van der Waals surface area contributed by atoms with Crippen molar-refractivity contribution >= 4 is 18.8 Å². The zero-order valence-electron chi connectivity index (χ0n) is 16.9. The standard InChI is InChI=1S/C19H23BF3N4O2/c1-11(19(21,22)23)27-16(25)14(10-24)15(26-27)12-6-8-13(9-7-12)20-29-18(4,5)17(2,3)28/h6-9,11,28H,25H2,1-5H3. The smallest absolute Gasteiger partial charge is 0.410 e. The second kappa shape index (κ2) is 7.73. The van der Waals surface area contributed by atoms with Gasteiger partial charge < -0.3 is 15.5 Å². The lowest BCUT2D eigenvalue weighted by atomic mass is 9.82. The minimum Gasteiger partial charge on any atom is -0.427 e. The van der Waals surface area contributed by atoms with E-state index >= 15 is 0 Å². The quantitative estimate of drug-likeness (QED) is 0.718. The van der Waals surface area contributed by atoms with Crippen LogP contribution in [0.5, 0.6) is 0 Å². The highest BCUT2D eigenvalue weighted by atomic mass is 19.4. The van der Waals surface area contributed by atoms with Crippen LogP contribution < -0.4 is 11.2 Å². The Bertz CT molecular complexity index is 910. The van der Waals surface area contributed by atoms with Crippen molar-refractivity contribution in [2.75, 3.05) is 5.73 Å². The number of anilines is 1. The van der Waals surface area contributed by atoms with Crippen molar-refractivity contribution in [3.8, 4) is 17.3 Å². The average Bonchev–Trinajstić information content (AvgIpc) is 2.94. The number of aliphatic hydroxyl groups is 1. The molecule has 1 aromatic heterocycles. The molecule has 2 rings (SSSR count). The number of hydrogen-bond acceptors (Lipinski definition) is 5. The highest BCUT2D eigenvalue weighted by Crippen LogP contribution is 2.35. The van der Waals surface area contributed by atoms with E-state index < -0.39 is 23.4 Å². The third-order valence-electron chi connectivity index (χ3n) is 5.05.